The van der Waals surface area contributed by atoms with Gasteiger partial charge in [-0.05, 0) is 17.7 Å². The van der Waals surface area contributed by atoms with E-state index in [9.17, 15) is 9.59 Å². The van der Waals surface area contributed by atoms with Gasteiger partial charge in [0.1, 0.15) is 0 Å². The van der Waals surface area contributed by atoms with E-state index < -0.39 is 0 Å². The second-order valence-electron chi connectivity index (χ2n) is 8.77. The van der Waals surface area contributed by atoms with Crippen molar-refractivity contribution in [2.45, 2.75) is 6.54 Å². The van der Waals surface area contributed by atoms with Gasteiger partial charge in [0.25, 0.3) is 11.8 Å². The fraction of sp³-hybridized carbons (Fsp3) is 0.103. The highest BCUT2D eigenvalue weighted by Crippen LogP contribution is 2.41. The maximum Gasteiger partial charge on any atom is 0.262 e. The lowest BCUT2D eigenvalue weighted by Crippen LogP contribution is -2.30. The molecule has 0 bridgehead atoms. The first-order valence-corrected chi connectivity index (χ1v) is 11.3. The van der Waals surface area contributed by atoms with Crippen molar-refractivity contribution in [3.05, 3.63) is 108 Å². The van der Waals surface area contributed by atoms with Crippen LogP contribution in [0.4, 0.5) is 0 Å². The van der Waals surface area contributed by atoms with Crippen LogP contribution in [0.3, 0.4) is 0 Å². The summed E-state index contributed by atoms with van der Waals surface area (Å²) in [5.41, 5.74) is 5.46. The lowest BCUT2D eigenvalue weighted by atomic mass is 9.95. The molecule has 0 N–H and O–H groups in total. The van der Waals surface area contributed by atoms with Gasteiger partial charge < -0.3 is 9.13 Å². The highest BCUT2D eigenvalue weighted by atomic mass is 16.2. The minimum atomic E-state index is -0.256. The predicted molar refractivity (Wildman–Crippen MR) is 135 cm³/mol. The second kappa shape index (κ2) is 7.59. The first kappa shape index (κ1) is 20.2. The standard InChI is InChI=1S/C29H23N3O2/c1-30-17-22(20-12-6-8-14-24(20)30)26-27(23-18-31(2)25-15-9-7-13-21(23)25)29(34)32(28(26)33)16-19-10-4-3-5-11-19/h3-15,17-18H,16H2,1-2H3. The van der Waals surface area contributed by atoms with E-state index in [1.165, 1.54) is 4.90 Å². The molecule has 3 aromatic carbocycles. The van der Waals surface area contributed by atoms with Gasteiger partial charge in [0.2, 0.25) is 0 Å². The Morgan fingerprint density at radius 3 is 1.53 bits per heavy atom. The Morgan fingerprint density at radius 2 is 1.03 bits per heavy atom. The Labute approximate surface area is 197 Å². The van der Waals surface area contributed by atoms with Crippen LogP contribution >= 0.6 is 0 Å². The van der Waals surface area contributed by atoms with Gasteiger partial charge in [0, 0.05) is 59.4 Å². The number of fused-ring (bicyclic) bond motifs is 2. The van der Waals surface area contributed by atoms with E-state index >= 15 is 0 Å². The van der Waals surface area contributed by atoms with E-state index in [1.807, 2.05) is 114 Å². The number of rotatable bonds is 4. The molecule has 0 saturated carbocycles. The molecule has 0 fully saturated rings. The smallest absolute Gasteiger partial charge is 0.262 e. The van der Waals surface area contributed by atoms with Gasteiger partial charge in [0.05, 0.1) is 17.7 Å². The zero-order chi connectivity index (χ0) is 23.4. The topological polar surface area (TPSA) is 47.2 Å². The number of nitrogens with zero attached hydrogens (tertiary/aromatic N) is 3. The van der Waals surface area contributed by atoms with Gasteiger partial charge in [-0.2, -0.15) is 0 Å². The third-order valence-electron chi connectivity index (χ3n) is 6.68. The Hall–Kier alpha value is -4.38. The van der Waals surface area contributed by atoms with Crippen molar-refractivity contribution >= 4 is 44.8 Å². The average Bonchev–Trinajstić information content (AvgIpc) is 3.45. The first-order valence-electron chi connectivity index (χ1n) is 11.3. The monoisotopic (exact) mass is 445 g/mol. The Morgan fingerprint density at radius 1 is 0.588 bits per heavy atom. The number of aryl methyl sites for hydroxylation is 2. The number of para-hydroxylation sites is 2. The molecule has 5 aromatic rings. The molecule has 0 aliphatic carbocycles. The van der Waals surface area contributed by atoms with Crippen LogP contribution in [0.2, 0.25) is 0 Å². The first-order chi connectivity index (χ1) is 16.5. The van der Waals surface area contributed by atoms with Crippen molar-refractivity contribution < 1.29 is 9.59 Å². The highest BCUT2D eigenvalue weighted by Gasteiger charge is 2.41. The molecule has 5 heteroatoms. The normalized spacial score (nSPS) is 14.2. The van der Waals surface area contributed by atoms with Crippen LogP contribution in [0.5, 0.6) is 0 Å². The van der Waals surface area contributed by atoms with Crippen molar-refractivity contribution in [3.63, 3.8) is 0 Å². The van der Waals surface area contributed by atoms with Gasteiger partial charge >= 0.3 is 0 Å². The van der Waals surface area contributed by atoms with Crippen LogP contribution in [0.15, 0.2) is 91.3 Å². The number of hydrogen-bond donors (Lipinski definition) is 0. The van der Waals surface area contributed by atoms with Crippen LogP contribution in [0, 0.1) is 0 Å². The third-order valence-corrected chi connectivity index (χ3v) is 6.68. The van der Waals surface area contributed by atoms with Crippen LogP contribution in [0.25, 0.3) is 33.0 Å². The van der Waals surface area contributed by atoms with Crippen LogP contribution in [-0.2, 0) is 30.2 Å². The third kappa shape index (κ3) is 2.94. The fourth-order valence-electron chi connectivity index (χ4n) is 5.07. The summed E-state index contributed by atoms with van der Waals surface area (Å²) in [5.74, 6) is -0.513. The second-order valence-corrected chi connectivity index (χ2v) is 8.77. The van der Waals surface area contributed by atoms with Crippen molar-refractivity contribution in [1.82, 2.24) is 14.0 Å². The minimum Gasteiger partial charge on any atom is -0.350 e. The lowest BCUT2D eigenvalue weighted by Gasteiger charge is -2.15. The van der Waals surface area contributed by atoms with Gasteiger partial charge in [0.15, 0.2) is 0 Å². The van der Waals surface area contributed by atoms with Crippen molar-refractivity contribution in [1.29, 1.82) is 0 Å². The molecule has 0 spiro atoms. The lowest BCUT2D eigenvalue weighted by molar-refractivity contribution is -0.136. The number of amides is 2. The Balaban J connectivity index is 1.62. The van der Waals surface area contributed by atoms with Gasteiger partial charge in [-0.25, -0.2) is 0 Å². The van der Waals surface area contributed by atoms with E-state index in [4.69, 9.17) is 0 Å². The Kier molecular flexibility index (Phi) is 4.52. The summed E-state index contributed by atoms with van der Waals surface area (Å²) < 4.78 is 4.02. The number of carbonyl (C=O) groups is 2. The molecule has 0 atom stereocenters. The Bertz CT molecular complexity index is 1530. The number of benzene rings is 3. The van der Waals surface area contributed by atoms with Crippen LogP contribution in [0.1, 0.15) is 16.7 Å². The molecule has 0 radical (unpaired) electrons. The van der Waals surface area contributed by atoms with E-state index in [2.05, 4.69) is 0 Å². The van der Waals surface area contributed by atoms with Gasteiger partial charge in [-0.3, -0.25) is 14.5 Å². The average molecular weight is 446 g/mol. The molecule has 2 aromatic heterocycles. The molecule has 0 unspecified atom stereocenters. The summed E-state index contributed by atoms with van der Waals surface area (Å²) in [6, 6.07) is 25.6. The molecule has 1 aliphatic heterocycles. The molecule has 166 valence electrons. The molecule has 0 saturated heterocycles. The number of imide groups is 1. The zero-order valence-electron chi connectivity index (χ0n) is 19.0. The van der Waals surface area contributed by atoms with Crippen molar-refractivity contribution in [2.24, 2.45) is 14.1 Å². The van der Waals surface area contributed by atoms with E-state index in [1.54, 1.807) is 0 Å². The summed E-state index contributed by atoms with van der Waals surface area (Å²) in [6.45, 7) is 0.237. The summed E-state index contributed by atoms with van der Waals surface area (Å²) in [7, 11) is 3.93. The molecule has 5 nitrogen and oxygen atoms in total. The zero-order valence-corrected chi connectivity index (χ0v) is 19.0. The predicted octanol–water partition coefficient (Wildman–Crippen LogP) is 5.15. The minimum absolute atomic E-state index is 0.237. The quantitative estimate of drug-likeness (QED) is 0.359. The van der Waals surface area contributed by atoms with Gasteiger partial charge in [-0.1, -0.05) is 66.7 Å². The molecule has 34 heavy (non-hydrogen) atoms. The van der Waals surface area contributed by atoms with Crippen LogP contribution in [-0.4, -0.2) is 25.8 Å². The van der Waals surface area contributed by atoms with Crippen LogP contribution < -0.4 is 0 Å². The molecule has 2 amide bonds. The largest absolute Gasteiger partial charge is 0.350 e. The van der Waals surface area contributed by atoms with Crippen molar-refractivity contribution in [3.8, 4) is 0 Å². The molecular weight excluding hydrogens is 422 g/mol. The highest BCUT2D eigenvalue weighted by molar-refractivity contribution is 6.50. The fourth-order valence-corrected chi connectivity index (χ4v) is 5.07. The van der Waals surface area contributed by atoms with E-state index in [0.29, 0.717) is 11.1 Å². The van der Waals surface area contributed by atoms with Gasteiger partial charge in [-0.15, -0.1) is 0 Å². The van der Waals surface area contributed by atoms with E-state index in [0.717, 1.165) is 38.5 Å². The molecule has 6 rings (SSSR count). The number of aromatic nitrogens is 2. The number of hydrogen-bond acceptors (Lipinski definition) is 2. The number of carbonyl (C=O) groups excluding carboxylic acids is 2. The maximum absolute atomic E-state index is 13.9. The SMILES string of the molecule is Cn1cc(C2=C(c3cn(C)c4ccccc34)C(=O)N(Cc3ccccc3)C2=O)c2ccccc21. The van der Waals surface area contributed by atoms with Crippen molar-refractivity contribution in [2.75, 3.05) is 0 Å². The molecule has 1 aliphatic rings. The maximum atomic E-state index is 13.9. The summed E-state index contributed by atoms with van der Waals surface area (Å²) in [5, 5.41) is 1.92. The molecular formula is C29H23N3O2. The molecule has 3 heterocycles. The summed E-state index contributed by atoms with van der Waals surface area (Å²) >= 11 is 0. The summed E-state index contributed by atoms with van der Waals surface area (Å²) in [6.07, 6.45) is 3.92. The van der Waals surface area contributed by atoms with E-state index in [-0.39, 0.29) is 18.4 Å². The summed E-state index contributed by atoms with van der Waals surface area (Å²) in [4.78, 5) is 29.2.